The lowest BCUT2D eigenvalue weighted by Crippen LogP contribution is -2.44. The predicted molar refractivity (Wildman–Crippen MR) is 536 cm³/mol. The number of benzene rings is 8. The Morgan fingerprint density at radius 3 is 1.12 bits per heavy atom. The second kappa shape index (κ2) is 53.5. The molecule has 11 heterocycles. The largest absolute Gasteiger partial charge is 0.497 e. The van der Waals surface area contributed by atoms with E-state index in [4.69, 9.17) is 30.5 Å². The highest BCUT2D eigenvalue weighted by Crippen LogP contribution is 2.37. The third-order valence-electron chi connectivity index (χ3n) is 24.8. The van der Waals surface area contributed by atoms with Crippen LogP contribution in [0.4, 0.5) is 64.6 Å². The molecule has 0 atom stereocenters. The van der Waals surface area contributed by atoms with Crippen molar-refractivity contribution in [3.63, 3.8) is 0 Å². The van der Waals surface area contributed by atoms with Crippen molar-refractivity contribution >= 4 is 63.0 Å². The first-order valence-corrected chi connectivity index (χ1v) is 47.3. The Labute approximate surface area is 778 Å². The number of hydrogen-bond acceptors (Lipinski definition) is 24. The van der Waals surface area contributed by atoms with Gasteiger partial charge in [-0.2, -0.15) is 13.2 Å². The summed E-state index contributed by atoms with van der Waals surface area (Å²) in [7, 11) is 5.09. The van der Waals surface area contributed by atoms with Crippen LogP contribution in [0.25, 0.3) is 0 Å². The van der Waals surface area contributed by atoms with Crippen molar-refractivity contribution in [3.8, 4) is 23.0 Å². The fraction of sp³-hybridized carbons (Fsp3) is 0.490. The molecule has 19 rings (SSSR count). The zero-order valence-corrected chi connectivity index (χ0v) is 79.9. The van der Waals surface area contributed by atoms with E-state index in [0.29, 0.717) is 5.69 Å². The molecule has 8 aromatic carbocycles. The third kappa shape index (κ3) is 31.9. The molecule has 0 spiro atoms. The van der Waals surface area contributed by atoms with Gasteiger partial charge >= 0.3 is 6.18 Å². The van der Waals surface area contributed by atoms with Crippen LogP contribution in [0.3, 0.4) is 0 Å². The van der Waals surface area contributed by atoms with E-state index in [1.807, 2.05) is 30.0 Å². The molecule has 0 radical (unpaired) electrons. The van der Waals surface area contributed by atoms with Crippen molar-refractivity contribution in [2.45, 2.75) is 68.0 Å². The van der Waals surface area contributed by atoms with E-state index >= 15 is 0 Å². The van der Waals surface area contributed by atoms with E-state index in [9.17, 15) is 13.2 Å². The van der Waals surface area contributed by atoms with Crippen molar-refractivity contribution in [2.75, 3.05) is 308 Å². The Bertz CT molecular complexity index is 4690. The Morgan fingerprint density at radius 2 is 0.685 bits per heavy atom. The van der Waals surface area contributed by atoms with E-state index in [0.717, 1.165) is 294 Å². The van der Waals surface area contributed by atoms with Gasteiger partial charge in [-0.1, -0.05) is 77.3 Å². The molecule has 10 aliphatic rings. The van der Waals surface area contributed by atoms with E-state index in [1.54, 1.807) is 45.9 Å². The number of hydrogen-bond donors (Lipinski definition) is 9. The first kappa shape index (κ1) is 101. The summed E-state index contributed by atoms with van der Waals surface area (Å²) >= 11 is 6.09. The summed E-state index contributed by atoms with van der Waals surface area (Å²) in [5.74, 6) is 4.62. The van der Waals surface area contributed by atoms with E-state index in [-0.39, 0.29) is 5.56 Å². The van der Waals surface area contributed by atoms with Gasteiger partial charge in [0.1, 0.15) is 23.0 Å². The number of nitrogens with one attached hydrogen (secondary N) is 9. The van der Waals surface area contributed by atoms with Gasteiger partial charge < -0.3 is 111 Å². The van der Waals surface area contributed by atoms with Crippen LogP contribution in [0, 0.1) is 55.4 Å². The summed E-state index contributed by atoms with van der Waals surface area (Å²) in [5, 5.41) is 30.8. The van der Waals surface area contributed by atoms with Gasteiger partial charge in [-0.3, -0.25) is 0 Å². The van der Waals surface area contributed by atoms with E-state index < -0.39 is 11.7 Å². The van der Waals surface area contributed by atoms with Gasteiger partial charge in [0.15, 0.2) is 0 Å². The van der Waals surface area contributed by atoms with Crippen LogP contribution in [0.15, 0.2) is 170 Å². The number of rotatable bonds is 12. The molecule has 706 valence electrons. The summed E-state index contributed by atoms with van der Waals surface area (Å²) in [6, 6.07) is 53.9. The average Bonchev–Trinajstić information content (AvgIpc) is 1.41. The minimum absolute atomic E-state index is 0.274. The van der Waals surface area contributed by atoms with Crippen LogP contribution in [0.1, 0.15) is 55.6 Å². The van der Waals surface area contributed by atoms with E-state index in [2.05, 4.69) is 260 Å². The molecule has 0 saturated carbocycles. The molecule has 24 nitrogen and oxygen atoms in total. The van der Waals surface area contributed by atoms with Crippen LogP contribution >= 0.6 is 11.6 Å². The summed E-state index contributed by atoms with van der Waals surface area (Å²) in [6.07, 6.45) is 0.361. The highest BCUT2D eigenvalue weighted by atomic mass is 35.5. The lowest BCUT2D eigenvalue weighted by Gasteiger charge is -2.30. The Balaban J connectivity index is 0.000000142. The Hall–Kier alpha value is -10.0. The molecule has 9 aromatic rings. The first-order chi connectivity index (χ1) is 63.2. The maximum absolute atomic E-state index is 12.8. The lowest BCUT2D eigenvalue weighted by atomic mass is 10.1. The fourth-order valence-electron chi connectivity index (χ4n) is 16.8. The number of aryl methyl sites for hydroxylation is 8. The molecule has 9 N–H and O–H groups in total. The van der Waals surface area contributed by atoms with Gasteiger partial charge in [-0.05, 0) is 179 Å². The quantitative estimate of drug-likeness (QED) is 0.0559. The second-order valence-electron chi connectivity index (χ2n) is 34.1. The summed E-state index contributed by atoms with van der Waals surface area (Å²) < 4.78 is 59.8. The predicted octanol–water partition coefficient (Wildman–Crippen LogP) is 12.8. The van der Waals surface area contributed by atoms with Crippen molar-refractivity contribution in [1.82, 2.24) is 57.8 Å². The van der Waals surface area contributed by atoms with Crippen molar-refractivity contribution in [2.24, 2.45) is 0 Å². The minimum Gasteiger partial charge on any atom is -0.497 e. The van der Waals surface area contributed by atoms with Gasteiger partial charge in [0.25, 0.3) is 0 Å². The number of halogens is 4. The highest BCUT2D eigenvalue weighted by Gasteiger charge is 2.33. The van der Waals surface area contributed by atoms with Crippen LogP contribution in [-0.2, 0) is 12.6 Å². The normalized spacial score (nSPS) is 17.4. The van der Waals surface area contributed by atoms with Gasteiger partial charge in [0.2, 0.25) is 5.95 Å². The fourth-order valence-corrected chi connectivity index (χ4v) is 17.0. The Morgan fingerprint density at radius 1 is 0.315 bits per heavy atom. The van der Waals surface area contributed by atoms with Crippen LogP contribution < -0.4 is 111 Å². The number of ether oxygens (including phenoxy) is 4. The van der Waals surface area contributed by atoms with Gasteiger partial charge in [0, 0.05) is 317 Å². The molecule has 1 aromatic heterocycles. The zero-order chi connectivity index (χ0) is 91.8. The van der Waals surface area contributed by atoms with Gasteiger partial charge in [-0.15, -0.1) is 0 Å². The number of fused-ring (bicyclic) bond motifs is 1. The number of methoxy groups -OCH3 is 3. The second-order valence-corrected chi connectivity index (χ2v) is 34.5. The lowest BCUT2D eigenvalue weighted by molar-refractivity contribution is -0.138. The smallest absolute Gasteiger partial charge is 0.416 e. The minimum atomic E-state index is -4.27. The van der Waals surface area contributed by atoms with Crippen molar-refractivity contribution in [1.29, 1.82) is 0 Å². The molecule has 130 heavy (non-hydrogen) atoms. The van der Waals surface area contributed by atoms with Crippen LogP contribution in [0.5, 0.6) is 23.0 Å². The monoisotopic (exact) mass is 1810 g/mol. The third-order valence-corrected chi connectivity index (χ3v) is 25.2. The SMILES string of the molecule is COc1cc(N2CCNCC2)ccc1C.COc1ccc(N2CCNCC2)c(OC)c1.Cc1ccc(N2CCNCC2)c(C)c1.Cc1ccc(N2CCNCC2)cc1.Cc1ccc(N2CCNCC2)cc1C.Cc1ccc(N2CCNCC2)cc1C(F)(F)F.Cc1ccc(N2CCNCC2)cc1Cl.c1cc2c(cc1N1CCNCC1)OCC2.c1cnc(N2CCNCC2)nc1. The van der Waals surface area contributed by atoms with Gasteiger partial charge in [-0.25, -0.2) is 9.97 Å². The van der Waals surface area contributed by atoms with E-state index in [1.165, 1.54) is 86.1 Å². The maximum Gasteiger partial charge on any atom is 0.416 e. The molecule has 0 bridgehead atoms. The average molecular weight is 1810 g/mol. The Kier molecular flexibility index (Phi) is 41.3. The van der Waals surface area contributed by atoms with Crippen LogP contribution in [0.2, 0.25) is 5.02 Å². The number of aromatic nitrogens is 2. The number of piperazine rings is 9. The number of alkyl halides is 3. The number of nitrogens with zero attached hydrogens (tertiary/aromatic N) is 11. The highest BCUT2D eigenvalue weighted by molar-refractivity contribution is 6.31. The molecular formula is C102H146ClF3N20O4. The van der Waals surface area contributed by atoms with Crippen molar-refractivity contribution in [3.05, 3.63) is 231 Å². The molecule has 10 aliphatic heterocycles. The summed E-state index contributed by atoms with van der Waals surface area (Å²) in [4.78, 5) is 29.4. The molecule has 9 saturated heterocycles. The molecule has 28 heteroatoms. The topological polar surface area (TPSA) is 200 Å². The maximum atomic E-state index is 12.8. The molecule has 9 fully saturated rings. The standard InChI is InChI=1S/C12H15F3N2.C12H18N2O2.C12H16N2O.C12H18N2O.2C12H18N2.C11H15ClN2.C11H16N2.C8H12N4/c1-9-2-3-10(8-11(9)12(13,14)15)17-6-4-16-5-7-17;1-15-10-3-4-11(12(9-10)16-2)14-7-5-13-6-8-14;1-2-11(14-6-4-13-5-7-14)9-12-10(1)3-8-15-12;1-10-3-4-11(9-12(10)15-2)14-7-5-13-6-8-14;1-10-3-4-12(9-11(10)2)14-7-5-13-6-8-14;1-10-3-4-12(11(2)9-10)14-7-5-13-6-8-14;1-9-2-3-10(8-11(9)12)14-6-4-13-5-7-14;1-10-2-4-11(5-3-10)13-8-6-12-7-9-13;1-2-10-8(11-3-1)12-6-4-9-5-7-12/h2-3,8,16H,4-7H2,1H3;3-4,9,13H,5-8H2,1-2H3;1-2,9,13H,3-8H2;3-4,9,13H,5-8H2,1-2H3;2*3-4,9,13H,5-8H2,1-2H3;2-3,8,13H,4-7H2,1H3;2-5,12H,6-9H2,1H3;1-3,9H,4-7H2. The van der Waals surface area contributed by atoms with Gasteiger partial charge in [0.05, 0.1) is 39.2 Å². The summed E-state index contributed by atoms with van der Waals surface area (Å²) in [6.45, 7) is 54.8. The molecule has 0 aliphatic carbocycles. The molecule has 0 unspecified atom stereocenters. The molecular weight excluding hydrogens is 1660 g/mol. The summed E-state index contributed by atoms with van der Waals surface area (Å²) in [5.41, 5.74) is 20.0. The zero-order valence-electron chi connectivity index (χ0n) is 79.1. The molecule has 0 amide bonds. The first-order valence-electron chi connectivity index (χ1n) is 46.9. The van der Waals surface area contributed by atoms with Crippen molar-refractivity contribution < 1.29 is 32.1 Å². The number of anilines is 9. The van der Waals surface area contributed by atoms with Crippen LogP contribution in [-0.4, -0.2) is 274 Å².